The minimum atomic E-state index is -0.0307. The molecule has 4 rings (SSSR count). The zero-order valence-electron chi connectivity index (χ0n) is 14.4. The van der Waals surface area contributed by atoms with Crippen molar-refractivity contribution >= 4 is 10.9 Å². The summed E-state index contributed by atoms with van der Waals surface area (Å²) in [5.41, 5.74) is 2.70. The second kappa shape index (κ2) is 6.72. The van der Waals surface area contributed by atoms with Crippen molar-refractivity contribution in [1.29, 1.82) is 0 Å². The third-order valence-corrected chi connectivity index (χ3v) is 4.22. The standard InChI is InChI=1S/C19H21N3O3/c1-12-5-6-23-11-13(2)25-15-3-4-18-17(8-15)19(22-21-18)14-7-16(24-12)10-20-9-14/h3-4,7-10,12-13H,5-6,11H2,1-2H3,(H,21,22)/t12-,13+/m1/s1. The van der Waals surface area contributed by atoms with Gasteiger partial charge in [0.1, 0.15) is 23.3 Å². The second-order valence-corrected chi connectivity index (χ2v) is 6.41. The second-order valence-electron chi connectivity index (χ2n) is 6.41. The molecule has 0 amide bonds. The van der Waals surface area contributed by atoms with Crippen LogP contribution >= 0.6 is 0 Å². The van der Waals surface area contributed by atoms with E-state index in [0.717, 1.165) is 40.1 Å². The molecule has 1 aromatic carbocycles. The van der Waals surface area contributed by atoms with Crippen LogP contribution in [0.3, 0.4) is 0 Å². The van der Waals surface area contributed by atoms with Crippen LogP contribution in [-0.2, 0) is 4.74 Å². The van der Waals surface area contributed by atoms with Gasteiger partial charge in [0, 0.05) is 23.6 Å². The third-order valence-electron chi connectivity index (χ3n) is 4.22. The molecule has 1 aliphatic heterocycles. The molecule has 0 saturated heterocycles. The lowest BCUT2D eigenvalue weighted by atomic mass is 10.1. The van der Waals surface area contributed by atoms with E-state index in [2.05, 4.69) is 15.2 Å². The number of ether oxygens (including phenoxy) is 3. The van der Waals surface area contributed by atoms with Crippen molar-refractivity contribution in [1.82, 2.24) is 15.2 Å². The predicted octanol–water partition coefficient (Wildman–Crippen LogP) is 3.58. The van der Waals surface area contributed by atoms with E-state index >= 15 is 0 Å². The summed E-state index contributed by atoms with van der Waals surface area (Å²) in [6.45, 7) is 5.20. The fourth-order valence-electron chi connectivity index (χ4n) is 2.96. The van der Waals surface area contributed by atoms with E-state index in [-0.39, 0.29) is 12.2 Å². The highest BCUT2D eigenvalue weighted by molar-refractivity contribution is 5.93. The Morgan fingerprint density at radius 1 is 1.04 bits per heavy atom. The number of aromatic nitrogens is 3. The number of nitrogens with one attached hydrogen (secondary N) is 1. The average Bonchev–Trinajstić information content (AvgIpc) is 3.01. The maximum absolute atomic E-state index is 5.99. The molecule has 25 heavy (non-hydrogen) atoms. The van der Waals surface area contributed by atoms with Gasteiger partial charge in [-0.3, -0.25) is 10.1 Å². The van der Waals surface area contributed by atoms with E-state index in [4.69, 9.17) is 14.2 Å². The highest BCUT2D eigenvalue weighted by atomic mass is 16.5. The Kier molecular flexibility index (Phi) is 4.28. The van der Waals surface area contributed by atoms with Gasteiger partial charge in [0.2, 0.25) is 0 Å². The maximum atomic E-state index is 5.99. The molecule has 0 radical (unpaired) electrons. The van der Waals surface area contributed by atoms with Crippen LogP contribution in [0.2, 0.25) is 0 Å². The normalized spacial score (nSPS) is 21.2. The van der Waals surface area contributed by atoms with Crippen LogP contribution in [0.25, 0.3) is 22.2 Å². The van der Waals surface area contributed by atoms with Gasteiger partial charge in [0.25, 0.3) is 0 Å². The van der Waals surface area contributed by atoms with Gasteiger partial charge in [-0.05, 0) is 38.1 Å². The Balaban J connectivity index is 1.79. The number of pyridine rings is 1. The van der Waals surface area contributed by atoms with Crippen molar-refractivity contribution in [3.05, 3.63) is 36.7 Å². The van der Waals surface area contributed by atoms with Crippen LogP contribution in [0, 0.1) is 0 Å². The molecule has 0 fully saturated rings. The van der Waals surface area contributed by atoms with Gasteiger partial charge in [-0.2, -0.15) is 5.10 Å². The molecule has 3 aromatic rings. The number of benzene rings is 1. The highest BCUT2D eigenvalue weighted by Crippen LogP contribution is 2.31. The first kappa shape index (κ1) is 15.9. The smallest absolute Gasteiger partial charge is 0.138 e. The summed E-state index contributed by atoms with van der Waals surface area (Å²) in [7, 11) is 0. The summed E-state index contributed by atoms with van der Waals surface area (Å²) >= 11 is 0. The third kappa shape index (κ3) is 3.44. The molecule has 6 heteroatoms. The molecule has 6 nitrogen and oxygen atoms in total. The monoisotopic (exact) mass is 339 g/mol. The minimum Gasteiger partial charge on any atom is -0.489 e. The number of hydrogen-bond donors (Lipinski definition) is 1. The molecule has 1 aliphatic rings. The van der Waals surface area contributed by atoms with E-state index in [9.17, 15) is 0 Å². The first-order valence-corrected chi connectivity index (χ1v) is 8.53. The molecular formula is C19H21N3O3. The maximum Gasteiger partial charge on any atom is 0.138 e. The van der Waals surface area contributed by atoms with Crippen LogP contribution in [0.1, 0.15) is 20.3 Å². The van der Waals surface area contributed by atoms with Crippen molar-refractivity contribution < 1.29 is 14.2 Å². The zero-order chi connectivity index (χ0) is 17.2. The van der Waals surface area contributed by atoms with Crippen LogP contribution < -0.4 is 9.47 Å². The lowest BCUT2D eigenvalue weighted by Gasteiger charge is -2.17. The number of aromatic amines is 1. The van der Waals surface area contributed by atoms with E-state index < -0.39 is 0 Å². The molecule has 3 heterocycles. The lowest BCUT2D eigenvalue weighted by molar-refractivity contribution is 0.0441. The molecule has 1 N–H and O–H groups in total. The van der Waals surface area contributed by atoms with Gasteiger partial charge in [-0.1, -0.05) is 0 Å². The first-order valence-electron chi connectivity index (χ1n) is 8.53. The van der Waals surface area contributed by atoms with Crippen molar-refractivity contribution in [3.8, 4) is 22.8 Å². The zero-order valence-corrected chi connectivity index (χ0v) is 14.4. The summed E-state index contributed by atoms with van der Waals surface area (Å²) in [6.07, 6.45) is 4.34. The molecule has 0 unspecified atom stereocenters. The Labute approximate surface area is 146 Å². The van der Waals surface area contributed by atoms with Crippen molar-refractivity contribution in [2.45, 2.75) is 32.5 Å². The van der Waals surface area contributed by atoms with E-state index in [0.29, 0.717) is 13.2 Å². The Morgan fingerprint density at radius 2 is 1.92 bits per heavy atom. The molecule has 4 bridgehead atoms. The number of nitrogens with zero attached hydrogens (tertiary/aromatic N) is 2. The average molecular weight is 339 g/mol. The van der Waals surface area contributed by atoms with E-state index in [1.807, 2.05) is 38.1 Å². The van der Waals surface area contributed by atoms with Gasteiger partial charge < -0.3 is 14.2 Å². The van der Waals surface area contributed by atoms with Crippen LogP contribution in [0.4, 0.5) is 0 Å². The van der Waals surface area contributed by atoms with Gasteiger partial charge in [0.05, 0.1) is 31.0 Å². The van der Waals surface area contributed by atoms with Gasteiger partial charge in [0.15, 0.2) is 0 Å². The Morgan fingerprint density at radius 3 is 2.84 bits per heavy atom. The first-order chi connectivity index (χ1) is 12.2. The van der Waals surface area contributed by atoms with Gasteiger partial charge in [-0.25, -0.2) is 0 Å². The number of hydrogen-bond acceptors (Lipinski definition) is 5. The van der Waals surface area contributed by atoms with Crippen molar-refractivity contribution in [3.63, 3.8) is 0 Å². The highest BCUT2D eigenvalue weighted by Gasteiger charge is 2.14. The molecule has 2 atom stereocenters. The Bertz CT molecular complexity index is 877. The molecular weight excluding hydrogens is 318 g/mol. The number of fused-ring (bicyclic) bond motifs is 4. The predicted molar refractivity (Wildman–Crippen MR) is 94.9 cm³/mol. The fraction of sp³-hybridized carbons (Fsp3) is 0.368. The van der Waals surface area contributed by atoms with E-state index in [1.54, 1.807) is 12.4 Å². The van der Waals surface area contributed by atoms with Crippen molar-refractivity contribution in [2.24, 2.45) is 0 Å². The summed E-state index contributed by atoms with van der Waals surface area (Å²) in [4.78, 5) is 4.31. The SMILES string of the molecule is C[C@@H]1CCOC[C@H](C)Oc2ccc3[nH]nc(c3c2)-c2cncc(c2)O1. The van der Waals surface area contributed by atoms with Crippen LogP contribution in [0.15, 0.2) is 36.7 Å². The number of H-pyrrole nitrogens is 1. The van der Waals surface area contributed by atoms with Crippen LogP contribution in [-0.4, -0.2) is 40.6 Å². The van der Waals surface area contributed by atoms with Crippen molar-refractivity contribution in [2.75, 3.05) is 13.2 Å². The fourth-order valence-corrected chi connectivity index (χ4v) is 2.96. The molecule has 0 aliphatic carbocycles. The molecule has 0 saturated carbocycles. The summed E-state index contributed by atoms with van der Waals surface area (Å²) in [6, 6.07) is 7.89. The van der Waals surface area contributed by atoms with Crippen LogP contribution in [0.5, 0.6) is 11.5 Å². The largest absolute Gasteiger partial charge is 0.489 e. The quantitative estimate of drug-likeness (QED) is 0.678. The lowest BCUT2D eigenvalue weighted by Crippen LogP contribution is -2.21. The molecule has 0 spiro atoms. The van der Waals surface area contributed by atoms with E-state index in [1.165, 1.54) is 0 Å². The van der Waals surface area contributed by atoms with Gasteiger partial charge >= 0.3 is 0 Å². The summed E-state index contributed by atoms with van der Waals surface area (Å²) < 4.78 is 17.7. The molecule has 2 aromatic heterocycles. The topological polar surface area (TPSA) is 69.3 Å². The minimum absolute atomic E-state index is 0.0307. The summed E-state index contributed by atoms with van der Waals surface area (Å²) in [5, 5.41) is 8.52. The molecule has 130 valence electrons. The summed E-state index contributed by atoms with van der Waals surface area (Å²) in [5.74, 6) is 1.53. The Hall–Kier alpha value is -2.60. The van der Waals surface area contributed by atoms with Gasteiger partial charge in [-0.15, -0.1) is 0 Å². The number of rotatable bonds is 0.